The van der Waals surface area contributed by atoms with E-state index in [9.17, 15) is 0 Å². The molecule has 0 N–H and O–H groups in total. The summed E-state index contributed by atoms with van der Waals surface area (Å²) in [5.74, 6) is 0. The fraction of sp³-hybridized carbons (Fsp3) is 0.222. The summed E-state index contributed by atoms with van der Waals surface area (Å²) in [6.45, 7) is 0. The summed E-state index contributed by atoms with van der Waals surface area (Å²) >= 11 is 0. The molecule has 2 unspecified atom stereocenters. The summed E-state index contributed by atoms with van der Waals surface area (Å²) in [6.07, 6.45) is 19.9. The highest BCUT2D eigenvalue weighted by Gasteiger charge is 2.23. The average molecular weight is 249 g/mol. The van der Waals surface area contributed by atoms with Gasteiger partial charge in [0.1, 0.15) is 0 Å². The fourth-order valence-electron chi connectivity index (χ4n) is 2.78. The van der Waals surface area contributed by atoms with Crippen molar-refractivity contribution >= 4 is 5.69 Å². The molecule has 0 saturated heterocycles. The lowest BCUT2D eigenvalue weighted by Crippen LogP contribution is -2.42. The van der Waals surface area contributed by atoms with Crippen LogP contribution in [0.15, 0.2) is 78.9 Å². The number of anilines is 1. The third-order valence-corrected chi connectivity index (χ3v) is 3.68. The van der Waals surface area contributed by atoms with Gasteiger partial charge in [0.05, 0.1) is 12.1 Å². The molecule has 0 bridgehead atoms. The van der Waals surface area contributed by atoms with Gasteiger partial charge in [-0.2, -0.15) is 0 Å². The molecule has 0 saturated carbocycles. The number of hydrogen-bond donors (Lipinski definition) is 0. The Labute approximate surface area is 115 Å². The molecule has 3 rings (SSSR count). The van der Waals surface area contributed by atoms with Crippen LogP contribution in [0, 0.1) is 0 Å². The van der Waals surface area contributed by atoms with Crippen LogP contribution in [-0.2, 0) is 0 Å². The Hall–Kier alpha value is -2.02. The summed E-state index contributed by atoms with van der Waals surface area (Å²) in [7, 11) is 0. The molecule has 0 aromatic heterocycles. The lowest BCUT2D eigenvalue weighted by Gasteiger charge is -2.38. The van der Waals surface area contributed by atoms with Crippen molar-refractivity contribution in [2.45, 2.75) is 24.9 Å². The van der Waals surface area contributed by atoms with E-state index in [1.54, 1.807) is 0 Å². The van der Waals surface area contributed by atoms with Crippen molar-refractivity contribution in [2.24, 2.45) is 0 Å². The van der Waals surface area contributed by atoms with Crippen molar-refractivity contribution < 1.29 is 0 Å². The summed E-state index contributed by atoms with van der Waals surface area (Å²) in [5.41, 5.74) is 1.30. The quantitative estimate of drug-likeness (QED) is 0.773. The largest absolute Gasteiger partial charge is 0.358 e. The van der Waals surface area contributed by atoms with Crippen molar-refractivity contribution in [3.63, 3.8) is 0 Å². The maximum Gasteiger partial charge on any atom is 0.0517 e. The lowest BCUT2D eigenvalue weighted by molar-refractivity contribution is 0.616. The first-order valence-corrected chi connectivity index (χ1v) is 6.95. The van der Waals surface area contributed by atoms with Crippen LogP contribution in [0.4, 0.5) is 5.69 Å². The highest BCUT2D eigenvalue weighted by atomic mass is 15.2. The first-order valence-electron chi connectivity index (χ1n) is 6.95. The monoisotopic (exact) mass is 249 g/mol. The van der Waals surface area contributed by atoms with Crippen LogP contribution >= 0.6 is 0 Å². The second-order valence-electron chi connectivity index (χ2n) is 4.98. The molecule has 0 fully saturated rings. The van der Waals surface area contributed by atoms with Crippen LogP contribution in [0.3, 0.4) is 0 Å². The standard InChI is InChI=1S/C18H19N/c1-4-10-16(11-5-1)19(17-12-6-2-7-13-17)18-14-8-3-9-15-18/h1-12,14,17-18H,13,15H2. The third-order valence-electron chi connectivity index (χ3n) is 3.68. The SMILES string of the molecule is C1=CCC(N(c2ccccc2)C2C=CC=CC2)C=C1. The molecule has 2 aliphatic carbocycles. The van der Waals surface area contributed by atoms with Crippen LogP contribution < -0.4 is 4.90 Å². The normalized spacial score (nSPS) is 24.6. The zero-order valence-corrected chi connectivity index (χ0v) is 11.0. The number of para-hydroxylation sites is 1. The Bertz CT molecular complexity index is 492. The van der Waals surface area contributed by atoms with Crippen LogP contribution in [0.5, 0.6) is 0 Å². The lowest BCUT2D eigenvalue weighted by atomic mass is 9.99. The van der Waals surface area contributed by atoms with Gasteiger partial charge in [-0.1, -0.05) is 66.8 Å². The maximum atomic E-state index is 2.53. The first kappa shape index (κ1) is 12.0. The van der Waals surface area contributed by atoms with Crippen molar-refractivity contribution in [1.82, 2.24) is 0 Å². The molecule has 2 atom stereocenters. The Balaban J connectivity index is 1.91. The molecular weight excluding hydrogens is 230 g/mol. The molecule has 0 heterocycles. The highest BCUT2D eigenvalue weighted by molar-refractivity contribution is 5.51. The molecule has 96 valence electrons. The van der Waals surface area contributed by atoms with E-state index in [4.69, 9.17) is 0 Å². The molecule has 1 aromatic rings. The number of hydrogen-bond acceptors (Lipinski definition) is 1. The average Bonchev–Trinajstić information content (AvgIpc) is 2.51. The Kier molecular flexibility index (Phi) is 3.64. The molecule has 1 heteroatoms. The van der Waals surface area contributed by atoms with Crippen LogP contribution in [-0.4, -0.2) is 12.1 Å². The highest BCUT2D eigenvalue weighted by Crippen LogP contribution is 2.27. The van der Waals surface area contributed by atoms with Crippen molar-refractivity contribution in [3.8, 4) is 0 Å². The van der Waals surface area contributed by atoms with E-state index >= 15 is 0 Å². The Morgan fingerprint density at radius 1 is 0.737 bits per heavy atom. The van der Waals surface area contributed by atoms with Gasteiger partial charge < -0.3 is 4.90 Å². The number of allylic oxidation sites excluding steroid dienone is 4. The maximum absolute atomic E-state index is 2.53. The van der Waals surface area contributed by atoms with Gasteiger partial charge in [-0.05, 0) is 25.0 Å². The molecule has 0 aliphatic heterocycles. The fourth-order valence-corrected chi connectivity index (χ4v) is 2.78. The minimum absolute atomic E-state index is 0.452. The zero-order chi connectivity index (χ0) is 12.9. The molecule has 0 amide bonds. The van der Waals surface area contributed by atoms with Crippen molar-refractivity contribution in [3.05, 3.63) is 78.9 Å². The van der Waals surface area contributed by atoms with Crippen molar-refractivity contribution in [1.29, 1.82) is 0 Å². The third kappa shape index (κ3) is 2.70. The van der Waals surface area contributed by atoms with E-state index in [-0.39, 0.29) is 0 Å². The van der Waals surface area contributed by atoms with E-state index in [1.165, 1.54) is 5.69 Å². The second kappa shape index (κ2) is 5.75. The van der Waals surface area contributed by atoms with Crippen LogP contribution in [0.2, 0.25) is 0 Å². The molecule has 0 radical (unpaired) electrons. The van der Waals surface area contributed by atoms with Gasteiger partial charge in [-0.3, -0.25) is 0 Å². The Morgan fingerprint density at radius 3 is 1.79 bits per heavy atom. The predicted octanol–water partition coefficient (Wildman–Crippen LogP) is 4.26. The topological polar surface area (TPSA) is 3.24 Å². The first-order chi connectivity index (χ1) is 9.45. The molecule has 1 aromatic carbocycles. The summed E-state index contributed by atoms with van der Waals surface area (Å²) in [5, 5.41) is 0. The van der Waals surface area contributed by atoms with E-state index in [0.29, 0.717) is 12.1 Å². The summed E-state index contributed by atoms with van der Waals surface area (Å²) in [6, 6.07) is 11.6. The molecule has 2 aliphatic rings. The van der Waals surface area contributed by atoms with Gasteiger partial charge >= 0.3 is 0 Å². The van der Waals surface area contributed by atoms with Gasteiger partial charge in [-0.15, -0.1) is 0 Å². The van der Waals surface area contributed by atoms with Crippen LogP contribution in [0.1, 0.15) is 12.8 Å². The van der Waals surface area contributed by atoms with E-state index in [1.807, 2.05) is 0 Å². The summed E-state index contributed by atoms with van der Waals surface area (Å²) < 4.78 is 0. The Morgan fingerprint density at radius 2 is 1.32 bits per heavy atom. The molecular formula is C18H19N. The number of benzene rings is 1. The minimum atomic E-state index is 0.452. The smallest absolute Gasteiger partial charge is 0.0517 e. The van der Waals surface area contributed by atoms with Crippen molar-refractivity contribution in [2.75, 3.05) is 4.90 Å². The second-order valence-corrected chi connectivity index (χ2v) is 4.98. The number of rotatable bonds is 3. The van der Waals surface area contributed by atoms with Gasteiger partial charge in [0.25, 0.3) is 0 Å². The van der Waals surface area contributed by atoms with Gasteiger partial charge in [-0.25, -0.2) is 0 Å². The predicted molar refractivity (Wildman–Crippen MR) is 82.3 cm³/mol. The van der Waals surface area contributed by atoms with Gasteiger partial charge in [0, 0.05) is 5.69 Å². The molecule has 0 spiro atoms. The van der Waals surface area contributed by atoms with Gasteiger partial charge in [0.2, 0.25) is 0 Å². The summed E-state index contributed by atoms with van der Waals surface area (Å²) in [4.78, 5) is 2.53. The molecule has 1 nitrogen and oxygen atoms in total. The van der Waals surface area contributed by atoms with Crippen LogP contribution in [0.25, 0.3) is 0 Å². The van der Waals surface area contributed by atoms with E-state index in [2.05, 4.69) is 83.8 Å². The van der Waals surface area contributed by atoms with E-state index in [0.717, 1.165) is 12.8 Å². The molecule has 19 heavy (non-hydrogen) atoms. The van der Waals surface area contributed by atoms with Gasteiger partial charge in [0.15, 0.2) is 0 Å². The minimum Gasteiger partial charge on any atom is -0.358 e. The van der Waals surface area contributed by atoms with E-state index < -0.39 is 0 Å². The zero-order valence-electron chi connectivity index (χ0n) is 11.0. The number of nitrogens with zero attached hydrogens (tertiary/aromatic N) is 1.